The van der Waals surface area contributed by atoms with E-state index in [1.807, 2.05) is 0 Å². The van der Waals surface area contributed by atoms with Gasteiger partial charge in [-0.2, -0.15) is 0 Å². The lowest BCUT2D eigenvalue weighted by Gasteiger charge is -2.50. The fraction of sp³-hybridized carbons (Fsp3) is 1.00. The molecule has 0 aliphatic carbocycles. The van der Waals surface area contributed by atoms with Gasteiger partial charge in [-0.25, -0.2) is 0 Å². The summed E-state index contributed by atoms with van der Waals surface area (Å²) < 4.78 is 38.7. The fourth-order valence-corrected chi connectivity index (χ4v) is 2.55. The lowest BCUT2D eigenvalue weighted by Crippen LogP contribution is -2.58. The van der Waals surface area contributed by atoms with Gasteiger partial charge in [-0.3, -0.25) is 0 Å². The molecule has 3 fully saturated rings. The average Bonchev–Trinajstić information content (AvgIpc) is 2.63. The molecule has 8 nitrogen and oxygen atoms in total. The first kappa shape index (κ1) is 21.0. The van der Waals surface area contributed by atoms with Crippen molar-refractivity contribution in [2.75, 3.05) is 79.2 Å². The van der Waals surface area contributed by atoms with E-state index in [-0.39, 0.29) is 5.41 Å². The Hall–Kier alpha value is -0.320. The summed E-state index contributed by atoms with van der Waals surface area (Å²) in [6, 6.07) is 0. The molecule has 0 aromatic carbocycles. The Balaban J connectivity index is 1.33. The van der Waals surface area contributed by atoms with Crippen molar-refractivity contribution in [2.24, 2.45) is 11.1 Å². The minimum atomic E-state index is -0.844. The van der Waals surface area contributed by atoms with Gasteiger partial charge in [0, 0.05) is 25.0 Å². The molecule has 8 heteroatoms. The van der Waals surface area contributed by atoms with Crippen LogP contribution in [0.1, 0.15) is 19.8 Å². The van der Waals surface area contributed by atoms with Gasteiger partial charge in [0.15, 0.2) is 0 Å². The molecule has 0 atom stereocenters. The van der Waals surface area contributed by atoms with E-state index in [4.69, 9.17) is 38.9 Å². The standard InChI is InChI=1S/C17H33NO7/c1-16-13-23-17(24-14-16,25-15-16)3-2-5-19-7-9-21-11-12-22-10-8-20-6-4-18/h2-15,18H2,1H3. The molecule has 0 aromatic rings. The van der Waals surface area contributed by atoms with Gasteiger partial charge in [-0.05, 0) is 6.42 Å². The van der Waals surface area contributed by atoms with E-state index in [0.29, 0.717) is 85.6 Å². The summed E-state index contributed by atoms with van der Waals surface area (Å²) in [6.45, 7) is 9.30. The molecule has 25 heavy (non-hydrogen) atoms. The van der Waals surface area contributed by atoms with Crippen molar-refractivity contribution < 1.29 is 33.2 Å². The average molecular weight is 363 g/mol. The smallest absolute Gasteiger partial charge is 0.283 e. The molecule has 0 aromatic heterocycles. The summed E-state index contributed by atoms with van der Waals surface area (Å²) in [5, 5.41) is 0. The Morgan fingerprint density at radius 3 is 1.64 bits per heavy atom. The molecule has 3 rings (SSSR count). The summed E-state index contributed by atoms with van der Waals surface area (Å²) in [6.07, 6.45) is 1.51. The summed E-state index contributed by atoms with van der Waals surface area (Å²) in [7, 11) is 0. The largest absolute Gasteiger partial charge is 0.379 e. The second-order valence-corrected chi connectivity index (χ2v) is 6.70. The van der Waals surface area contributed by atoms with Crippen molar-refractivity contribution in [2.45, 2.75) is 25.7 Å². The van der Waals surface area contributed by atoms with E-state index in [9.17, 15) is 0 Å². The van der Waals surface area contributed by atoms with Crippen molar-refractivity contribution in [3.8, 4) is 0 Å². The van der Waals surface area contributed by atoms with Crippen molar-refractivity contribution in [1.29, 1.82) is 0 Å². The Morgan fingerprint density at radius 2 is 1.16 bits per heavy atom. The van der Waals surface area contributed by atoms with Gasteiger partial charge in [-0.15, -0.1) is 0 Å². The maximum absolute atomic E-state index is 5.73. The van der Waals surface area contributed by atoms with Crippen molar-refractivity contribution >= 4 is 0 Å². The second-order valence-electron chi connectivity index (χ2n) is 6.70. The third-order valence-electron chi connectivity index (χ3n) is 4.07. The van der Waals surface area contributed by atoms with Gasteiger partial charge < -0.3 is 38.9 Å². The first-order chi connectivity index (χ1) is 12.2. The van der Waals surface area contributed by atoms with Crippen LogP contribution in [-0.4, -0.2) is 85.2 Å². The first-order valence-corrected chi connectivity index (χ1v) is 9.11. The zero-order valence-corrected chi connectivity index (χ0v) is 15.3. The van der Waals surface area contributed by atoms with E-state index in [2.05, 4.69) is 6.92 Å². The van der Waals surface area contributed by atoms with E-state index in [1.54, 1.807) is 0 Å². The van der Waals surface area contributed by atoms with Crippen LogP contribution in [0.5, 0.6) is 0 Å². The van der Waals surface area contributed by atoms with E-state index in [0.717, 1.165) is 6.42 Å². The number of hydrogen-bond acceptors (Lipinski definition) is 8. The number of rotatable bonds is 15. The summed E-state index contributed by atoms with van der Waals surface area (Å²) >= 11 is 0. The van der Waals surface area contributed by atoms with Crippen LogP contribution in [0.4, 0.5) is 0 Å². The molecule has 148 valence electrons. The molecule has 3 aliphatic rings. The maximum Gasteiger partial charge on any atom is 0.283 e. The van der Waals surface area contributed by atoms with Crippen LogP contribution < -0.4 is 5.73 Å². The molecule has 3 heterocycles. The molecular weight excluding hydrogens is 330 g/mol. The van der Waals surface area contributed by atoms with Crippen LogP contribution in [-0.2, 0) is 33.2 Å². The second kappa shape index (κ2) is 11.4. The fourth-order valence-electron chi connectivity index (χ4n) is 2.55. The third-order valence-corrected chi connectivity index (χ3v) is 4.07. The lowest BCUT2D eigenvalue weighted by molar-refractivity contribution is -0.467. The molecule has 0 radical (unpaired) electrons. The van der Waals surface area contributed by atoms with Crippen molar-refractivity contribution in [1.82, 2.24) is 0 Å². The van der Waals surface area contributed by atoms with Gasteiger partial charge in [0.1, 0.15) is 0 Å². The number of hydrogen-bond donors (Lipinski definition) is 1. The van der Waals surface area contributed by atoms with E-state index < -0.39 is 5.97 Å². The molecule has 0 unspecified atom stereocenters. The highest BCUT2D eigenvalue weighted by atomic mass is 16.9. The predicted molar refractivity (Wildman–Crippen MR) is 90.3 cm³/mol. The monoisotopic (exact) mass is 363 g/mol. The summed E-state index contributed by atoms with van der Waals surface area (Å²) in [5.41, 5.74) is 5.32. The minimum absolute atomic E-state index is 0.0107. The van der Waals surface area contributed by atoms with E-state index >= 15 is 0 Å². The highest BCUT2D eigenvalue weighted by Gasteiger charge is 2.49. The van der Waals surface area contributed by atoms with Crippen LogP contribution in [0, 0.1) is 5.41 Å². The van der Waals surface area contributed by atoms with Crippen LogP contribution in [0.3, 0.4) is 0 Å². The Morgan fingerprint density at radius 1 is 0.720 bits per heavy atom. The summed E-state index contributed by atoms with van der Waals surface area (Å²) in [4.78, 5) is 0. The number of ether oxygens (including phenoxy) is 7. The summed E-state index contributed by atoms with van der Waals surface area (Å²) in [5.74, 6) is -0.844. The molecule has 0 amide bonds. The first-order valence-electron chi connectivity index (χ1n) is 9.11. The van der Waals surface area contributed by atoms with Crippen LogP contribution in [0.25, 0.3) is 0 Å². The molecule has 2 bridgehead atoms. The third kappa shape index (κ3) is 7.84. The van der Waals surface area contributed by atoms with Crippen molar-refractivity contribution in [3.05, 3.63) is 0 Å². The molecular formula is C17H33NO7. The van der Waals surface area contributed by atoms with Gasteiger partial charge in [0.2, 0.25) is 0 Å². The number of nitrogens with two attached hydrogens (primary N) is 1. The molecule has 3 aliphatic heterocycles. The Bertz CT molecular complexity index is 331. The van der Waals surface area contributed by atoms with Crippen LogP contribution in [0.2, 0.25) is 0 Å². The minimum Gasteiger partial charge on any atom is -0.379 e. The van der Waals surface area contributed by atoms with Crippen molar-refractivity contribution in [3.63, 3.8) is 0 Å². The maximum atomic E-state index is 5.73. The van der Waals surface area contributed by atoms with Gasteiger partial charge in [-0.1, -0.05) is 6.92 Å². The van der Waals surface area contributed by atoms with Gasteiger partial charge >= 0.3 is 0 Å². The van der Waals surface area contributed by atoms with Crippen LogP contribution >= 0.6 is 0 Å². The molecule has 2 N–H and O–H groups in total. The quantitative estimate of drug-likeness (QED) is 0.421. The number of fused-ring (bicyclic) bond motifs is 3. The Kier molecular flexibility index (Phi) is 9.57. The predicted octanol–water partition coefficient (Wildman–Crippen LogP) is 0.529. The lowest BCUT2D eigenvalue weighted by atomic mass is 9.91. The zero-order chi connectivity index (χ0) is 17.8. The molecule has 0 spiro atoms. The highest BCUT2D eigenvalue weighted by Crippen LogP contribution is 2.40. The Labute approximate surface area is 150 Å². The van der Waals surface area contributed by atoms with Gasteiger partial charge in [0.25, 0.3) is 5.97 Å². The highest BCUT2D eigenvalue weighted by molar-refractivity contribution is 4.84. The molecule has 3 saturated heterocycles. The zero-order valence-electron chi connectivity index (χ0n) is 15.3. The topological polar surface area (TPSA) is 90.6 Å². The SMILES string of the molecule is CC12COC(CCCOCCOCCOCCOCCN)(OC1)OC2. The van der Waals surface area contributed by atoms with Crippen LogP contribution in [0.15, 0.2) is 0 Å². The van der Waals surface area contributed by atoms with Gasteiger partial charge in [0.05, 0.1) is 66.1 Å². The normalized spacial score (nSPS) is 28.6. The molecule has 0 saturated carbocycles. The van der Waals surface area contributed by atoms with E-state index in [1.165, 1.54) is 0 Å².